The largest absolute Gasteiger partial charge is 0.470 e. The summed E-state index contributed by atoms with van der Waals surface area (Å²) in [6.07, 6.45) is -1.25. The lowest BCUT2D eigenvalue weighted by atomic mass is 9.99. The molecule has 0 unspecified atom stereocenters. The van der Waals surface area contributed by atoms with Crippen LogP contribution in [0.1, 0.15) is 35.4 Å². The second-order valence-corrected chi connectivity index (χ2v) is 8.21. The Bertz CT molecular complexity index is 994. The molecule has 0 spiro atoms. The summed E-state index contributed by atoms with van der Waals surface area (Å²) in [6.45, 7) is 0. The number of hydrogen-bond donors (Lipinski definition) is 0. The first kappa shape index (κ1) is 16.8. The van der Waals surface area contributed by atoms with Crippen LogP contribution in [0.4, 0.5) is 0 Å². The average molecular weight is 433 g/mol. The number of nitrogens with zero attached hydrogens (tertiary/aromatic N) is 1. The van der Waals surface area contributed by atoms with Crippen LogP contribution in [0, 0.1) is 0 Å². The molecule has 0 amide bonds. The molecule has 3 atom stereocenters. The highest BCUT2D eigenvalue weighted by Crippen LogP contribution is 2.56. The predicted octanol–water partition coefficient (Wildman–Crippen LogP) is 6.52. The maximum Gasteiger partial charge on any atom is 0.188 e. The standard InChI is InChI=1S/C21H12Cl3NO3/c22-10-1-4-16-13(7-10)19-25-20(26-16)14-8-11(23)2-5-17(14)28-21(25)15-9-12(24)3-6-18(15)27-19/h1-9,19-21H/t19-,20-,21+/m0/s1. The molecule has 3 aromatic carbocycles. The SMILES string of the molecule is Clc1ccc2c(c1)[C@H]1Oc3ccc(Cl)cc3[C@@H]3Oc4ccc(Cl)cc4[C@H](O2)N13. The van der Waals surface area contributed by atoms with Gasteiger partial charge in [0.15, 0.2) is 18.7 Å². The fourth-order valence-corrected chi connectivity index (χ4v) is 4.59. The first-order valence-electron chi connectivity index (χ1n) is 8.74. The zero-order chi connectivity index (χ0) is 19.0. The molecule has 3 heterocycles. The first-order chi connectivity index (χ1) is 13.6. The van der Waals surface area contributed by atoms with Crippen LogP contribution >= 0.6 is 34.8 Å². The van der Waals surface area contributed by atoms with E-state index >= 15 is 0 Å². The van der Waals surface area contributed by atoms with Gasteiger partial charge in [-0.15, -0.1) is 0 Å². The van der Waals surface area contributed by atoms with Gasteiger partial charge in [0.05, 0.1) is 16.7 Å². The highest BCUT2D eigenvalue weighted by Gasteiger charge is 2.51. The predicted molar refractivity (Wildman–Crippen MR) is 106 cm³/mol. The van der Waals surface area contributed by atoms with Crippen LogP contribution < -0.4 is 14.2 Å². The van der Waals surface area contributed by atoms with Crippen LogP contribution in [-0.4, -0.2) is 4.90 Å². The molecule has 3 aliphatic heterocycles. The molecule has 0 radical (unpaired) electrons. The summed E-state index contributed by atoms with van der Waals surface area (Å²) in [6, 6.07) is 16.6. The topological polar surface area (TPSA) is 30.9 Å². The van der Waals surface area contributed by atoms with Crippen molar-refractivity contribution >= 4 is 34.8 Å². The second-order valence-electron chi connectivity index (χ2n) is 6.90. The molecule has 0 aliphatic carbocycles. The average Bonchev–Trinajstić information content (AvgIpc) is 2.69. The summed E-state index contributed by atoms with van der Waals surface area (Å²) in [5, 5.41) is 1.85. The Kier molecular flexibility index (Phi) is 3.57. The van der Waals surface area contributed by atoms with Crippen LogP contribution in [0.5, 0.6) is 17.2 Å². The van der Waals surface area contributed by atoms with E-state index in [2.05, 4.69) is 0 Å². The zero-order valence-corrected chi connectivity index (χ0v) is 16.5. The maximum absolute atomic E-state index is 6.37. The van der Waals surface area contributed by atoms with Gasteiger partial charge >= 0.3 is 0 Å². The quantitative estimate of drug-likeness (QED) is 0.404. The number of halogens is 3. The molecular weight excluding hydrogens is 421 g/mol. The van der Waals surface area contributed by atoms with Crippen molar-refractivity contribution in [3.05, 3.63) is 86.4 Å². The third kappa shape index (κ3) is 2.36. The second kappa shape index (κ2) is 5.94. The van der Waals surface area contributed by atoms with E-state index in [1.54, 1.807) is 0 Å². The minimum atomic E-state index is -0.418. The smallest absolute Gasteiger partial charge is 0.188 e. The van der Waals surface area contributed by atoms with Gasteiger partial charge in [-0.3, -0.25) is 0 Å². The minimum absolute atomic E-state index is 0.418. The molecule has 0 bridgehead atoms. The van der Waals surface area contributed by atoms with Gasteiger partial charge in [0, 0.05) is 15.1 Å². The lowest BCUT2D eigenvalue weighted by Gasteiger charge is -2.51. The number of ether oxygens (including phenoxy) is 3. The number of fused-ring (bicyclic) bond motifs is 6. The van der Waals surface area contributed by atoms with Gasteiger partial charge in [-0.05, 0) is 54.6 Å². The van der Waals surface area contributed by atoms with Crippen LogP contribution in [-0.2, 0) is 0 Å². The molecule has 6 rings (SSSR count). The Labute approximate surface area is 176 Å². The molecule has 0 aromatic heterocycles. The van der Waals surface area contributed by atoms with E-state index in [0.29, 0.717) is 15.1 Å². The lowest BCUT2D eigenvalue weighted by molar-refractivity contribution is -0.202. The molecular formula is C21H12Cl3NO3. The van der Waals surface area contributed by atoms with E-state index in [1.165, 1.54) is 0 Å². The molecule has 0 fully saturated rings. The molecule has 0 saturated carbocycles. The number of benzene rings is 3. The monoisotopic (exact) mass is 431 g/mol. The molecule has 3 aromatic rings. The van der Waals surface area contributed by atoms with E-state index < -0.39 is 18.7 Å². The van der Waals surface area contributed by atoms with Gasteiger partial charge in [0.1, 0.15) is 17.2 Å². The minimum Gasteiger partial charge on any atom is -0.470 e. The van der Waals surface area contributed by atoms with E-state index in [0.717, 1.165) is 33.9 Å². The highest BCUT2D eigenvalue weighted by atomic mass is 35.5. The van der Waals surface area contributed by atoms with Gasteiger partial charge in [-0.1, -0.05) is 34.8 Å². The lowest BCUT2D eigenvalue weighted by Crippen LogP contribution is -2.50. The van der Waals surface area contributed by atoms with Crippen molar-refractivity contribution in [2.24, 2.45) is 0 Å². The fraction of sp³-hybridized carbons (Fsp3) is 0.143. The Hall–Kier alpha value is -2.11. The maximum atomic E-state index is 6.37. The van der Waals surface area contributed by atoms with Crippen LogP contribution in [0.2, 0.25) is 15.1 Å². The molecule has 28 heavy (non-hydrogen) atoms. The zero-order valence-electron chi connectivity index (χ0n) is 14.2. The third-order valence-corrected chi connectivity index (χ3v) is 5.95. The van der Waals surface area contributed by atoms with E-state index in [9.17, 15) is 0 Å². The van der Waals surface area contributed by atoms with Crippen LogP contribution in [0.15, 0.2) is 54.6 Å². The fourth-order valence-electron chi connectivity index (χ4n) is 4.04. The van der Waals surface area contributed by atoms with E-state index in [1.807, 2.05) is 59.5 Å². The van der Waals surface area contributed by atoms with Gasteiger partial charge in [0.25, 0.3) is 0 Å². The Morgan fingerprint density at radius 3 is 1.18 bits per heavy atom. The Morgan fingerprint density at radius 1 is 0.536 bits per heavy atom. The highest BCUT2D eigenvalue weighted by molar-refractivity contribution is 6.31. The molecule has 0 saturated heterocycles. The Morgan fingerprint density at radius 2 is 0.857 bits per heavy atom. The van der Waals surface area contributed by atoms with Crippen molar-refractivity contribution in [3.63, 3.8) is 0 Å². The van der Waals surface area contributed by atoms with Crippen molar-refractivity contribution in [1.82, 2.24) is 4.90 Å². The van der Waals surface area contributed by atoms with Gasteiger partial charge in [-0.2, -0.15) is 4.90 Å². The third-order valence-electron chi connectivity index (χ3n) is 5.24. The summed E-state index contributed by atoms with van der Waals surface area (Å²) in [4.78, 5) is 2.04. The van der Waals surface area contributed by atoms with Gasteiger partial charge in [-0.25, -0.2) is 0 Å². The summed E-state index contributed by atoms with van der Waals surface area (Å²) in [7, 11) is 0. The summed E-state index contributed by atoms with van der Waals surface area (Å²) < 4.78 is 19.1. The summed E-state index contributed by atoms with van der Waals surface area (Å²) in [5.74, 6) is 2.17. The van der Waals surface area contributed by atoms with Gasteiger partial charge in [0.2, 0.25) is 0 Å². The molecule has 0 N–H and O–H groups in total. The van der Waals surface area contributed by atoms with Crippen molar-refractivity contribution in [3.8, 4) is 17.2 Å². The summed E-state index contributed by atoms with van der Waals surface area (Å²) >= 11 is 18.8. The van der Waals surface area contributed by atoms with Crippen molar-refractivity contribution < 1.29 is 14.2 Å². The first-order valence-corrected chi connectivity index (χ1v) is 9.88. The van der Waals surface area contributed by atoms with Crippen molar-refractivity contribution in [2.75, 3.05) is 0 Å². The Balaban J connectivity index is 1.61. The van der Waals surface area contributed by atoms with Crippen molar-refractivity contribution in [1.29, 1.82) is 0 Å². The normalized spacial score (nSPS) is 23.9. The molecule has 140 valence electrons. The van der Waals surface area contributed by atoms with E-state index in [4.69, 9.17) is 49.0 Å². The number of hydrogen-bond acceptors (Lipinski definition) is 4. The molecule has 3 aliphatic rings. The van der Waals surface area contributed by atoms with Crippen LogP contribution in [0.25, 0.3) is 0 Å². The summed E-state index contributed by atoms with van der Waals surface area (Å²) in [5.41, 5.74) is 2.55. The molecule has 4 nitrogen and oxygen atoms in total. The van der Waals surface area contributed by atoms with Crippen LogP contribution in [0.3, 0.4) is 0 Å². The van der Waals surface area contributed by atoms with Crippen molar-refractivity contribution in [2.45, 2.75) is 18.7 Å². The van der Waals surface area contributed by atoms with E-state index in [-0.39, 0.29) is 0 Å². The number of rotatable bonds is 0. The molecule has 7 heteroatoms. The van der Waals surface area contributed by atoms with Gasteiger partial charge < -0.3 is 14.2 Å².